The van der Waals surface area contributed by atoms with Crippen molar-refractivity contribution in [2.75, 3.05) is 37.0 Å². The zero-order valence-corrected chi connectivity index (χ0v) is 15.7. The Morgan fingerprint density at radius 3 is 3.12 bits per heavy atom. The highest BCUT2D eigenvalue weighted by atomic mass is 32.2. The molecule has 2 aliphatic heterocycles. The van der Waals surface area contributed by atoms with Crippen molar-refractivity contribution in [2.45, 2.75) is 18.5 Å². The Morgan fingerprint density at radius 1 is 1.52 bits per heavy atom. The van der Waals surface area contributed by atoms with Gasteiger partial charge in [-0.15, -0.1) is 11.8 Å². The van der Waals surface area contributed by atoms with E-state index in [1.165, 1.54) is 0 Å². The molecule has 4 rings (SSSR count). The van der Waals surface area contributed by atoms with Crippen LogP contribution in [-0.4, -0.2) is 67.4 Å². The molecule has 3 N–H and O–H groups in total. The molecule has 1 aromatic carbocycles. The normalized spacial score (nSPS) is 25.4. The summed E-state index contributed by atoms with van der Waals surface area (Å²) >= 11 is 1.68. The van der Waals surface area contributed by atoms with Crippen LogP contribution in [0.15, 0.2) is 29.3 Å². The molecule has 6 nitrogen and oxygen atoms in total. The van der Waals surface area contributed by atoms with Gasteiger partial charge in [-0.1, -0.05) is 12.1 Å². The summed E-state index contributed by atoms with van der Waals surface area (Å²) in [5.74, 6) is 0.832. The number of fused-ring (bicyclic) bond motifs is 1. The third kappa shape index (κ3) is 3.48. The van der Waals surface area contributed by atoms with Gasteiger partial charge in [-0.2, -0.15) is 0 Å². The van der Waals surface area contributed by atoms with Crippen LogP contribution in [-0.2, 0) is 11.0 Å². The Kier molecular flexibility index (Phi) is 4.86. The summed E-state index contributed by atoms with van der Waals surface area (Å²) in [6.07, 6.45) is 2.73. The van der Waals surface area contributed by atoms with Crippen LogP contribution in [0.1, 0.15) is 12.1 Å². The van der Waals surface area contributed by atoms with Crippen molar-refractivity contribution >= 4 is 44.4 Å². The second-order valence-electron chi connectivity index (χ2n) is 6.48. The van der Waals surface area contributed by atoms with E-state index in [-0.39, 0.29) is 12.6 Å². The van der Waals surface area contributed by atoms with Gasteiger partial charge in [0, 0.05) is 36.5 Å². The number of para-hydroxylation sites is 1. The first kappa shape index (κ1) is 17.1. The average molecular weight is 379 g/mol. The van der Waals surface area contributed by atoms with Gasteiger partial charge in [0.15, 0.2) is 0 Å². The number of aliphatic hydroxyl groups excluding tert-OH is 1. The third-order valence-electron chi connectivity index (χ3n) is 4.68. The van der Waals surface area contributed by atoms with E-state index in [1.54, 1.807) is 18.0 Å². The van der Waals surface area contributed by atoms with Gasteiger partial charge in [0.05, 0.1) is 40.5 Å². The molecule has 3 atom stereocenters. The average Bonchev–Trinajstić information content (AvgIpc) is 3.33. The number of nitrogens with one attached hydrogen (secondary N) is 2. The van der Waals surface area contributed by atoms with Crippen LogP contribution in [0, 0.1) is 0 Å². The zero-order chi connectivity index (χ0) is 17.4. The van der Waals surface area contributed by atoms with Crippen molar-refractivity contribution in [3.63, 3.8) is 0 Å². The molecule has 0 bridgehead atoms. The maximum absolute atomic E-state index is 11.6. The van der Waals surface area contributed by atoms with Gasteiger partial charge in [0.1, 0.15) is 5.04 Å². The molecule has 3 unspecified atom stereocenters. The highest BCUT2D eigenvalue weighted by Gasteiger charge is 2.25. The Bertz CT molecular complexity index is 835. The van der Waals surface area contributed by atoms with Gasteiger partial charge in [-0.3, -0.25) is 4.99 Å². The van der Waals surface area contributed by atoms with Crippen LogP contribution < -0.4 is 5.32 Å². The van der Waals surface area contributed by atoms with E-state index >= 15 is 0 Å². The third-order valence-corrected chi connectivity index (χ3v) is 6.89. The van der Waals surface area contributed by atoms with Crippen LogP contribution in [0.2, 0.25) is 0 Å². The van der Waals surface area contributed by atoms with Crippen molar-refractivity contribution in [1.82, 2.24) is 9.29 Å². The van der Waals surface area contributed by atoms with Crippen molar-refractivity contribution in [3.8, 4) is 0 Å². The molecule has 2 aliphatic rings. The number of aliphatic hydroxyl groups is 1. The summed E-state index contributed by atoms with van der Waals surface area (Å²) < 4.78 is 13.6. The molecule has 0 saturated carbocycles. The van der Waals surface area contributed by atoms with E-state index in [4.69, 9.17) is 0 Å². The van der Waals surface area contributed by atoms with Gasteiger partial charge < -0.3 is 15.4 Å². The second-order valence-corrected chi connectivity index (χ2v) is 8.85. The number of anilines is 1. The minimum atomic E-state index is -0.902. The fourth-order valence-corrected chi connectivity index (χ4v) is 5.12. The number of aliphatic imine (C=N–C) groups is 1. The predicted octanol–water partition coefficient (Wildman–Crippen LogP) is 1.80. The molecule has 134 valence electrons. The number of H-pyrrole nitrogens is 1. The summed E-state index contributed by atoms with van der Waals surface area (Å²) in [4.78, 5) is 8.06. The largest absolute Gasteiger partial charge is 0.394 e. The van der Waals surface area contributed by atoms with Gasteiger partial charge in [-0.05, 0) is 18.6 Å². The van der Waals surface area contributed by atoms with E-state index in [0.717, 1.165) is 52.6 Å². The Morgan fingerprint density at radius 2 is 2.40 bits per heavy atom. The summed E-state index contributed by atoms with van der Waals surface area (Å²) in [6, 6.07) is 8.64. The molecule has 25 heavy (non-hydrogen) atoms. The lowest BCUT2D eigenvalue weighted by Gasteiger charge is -2.15. The number of aromatic amines is 1. The van der Waals surface area contributed by atoms with Crippen LogP contribution >= 0.6 is 11.8 Å². The molecule has 3 heterocycles. The standard InChI is InChI=1S/C17H22N4O2S2/c1-25(23)21-6-5-12(8-21)18-14-4-2-3-11-7-15(20-16(11)14)17-19-13(9-22)10-24-17/h2-4,7,12-13,18,20,22H,5-6,8-10H2,1H3. The lowest BCUT2D eigenvalue weighted by atomic mass is 10.2. The first-order valence-corrected chi connectivity index (χ1v) is 10.9. The quantitative estimate of drug-likeness (QED) is 0.741. The van der Waals surface area contributed by atoms with Crippen LogP contribution in [0.3, 0.4) is 0 Å². The molecule has 2 aromatic rings. The van der Waals surface area contributed by atoms with E-state index in [9.17, 15) is 9.32 Å². The zero-order valence-electron chi connectivity index (χ0n) is 14.1. The molecule has 0 aliphatic carbocycles. The highest BCUT2D eigenvalue weighted by molar-refractivity contribution is 8.14. The lowest BCUT2D eigenvalue weighted by molar-refractivity contribution is 0.277. The van der Waals surface area contributed by atoms with E-state index in [0.29, 0.717) is 6.04 Å². The van der Waals surface area contributed by atoms with E-state index in [1.807, 2.05) is 10.4 Å². The number of hydrogen-bond acceptors (Lipinski definition) is 5. The Hall–Kier alpha value is -1.35. The molecule has 1 aromatic heterocycles. The SMILES string of the molecule is CS(=O)N1CCC(Nc2cccc3cc(C4=NC(CO)CS4)[nH]c23)C1. The topological polar surface area (TPSA) is 80.7 Å². The van der Waals surface area contributed by atoms with Crippen molar-refractivity contribution in [2.24, 2.45) is 4.99 Å². The maximum atomic E-state index is 11.6. The molecular weight excluding hydrogens is 356 g/mol. The summed E-state index contributed by atoms with van der Waals surface area (Å²) in [7, 11) is -0.902. The van der Waals surface area contributed by atoms with Gasteiger partial charge in [0.25, 0.3) is 0 Å². The van der Waals surface area contributed by atoms with Crippen LogP contribution in [0.25, 0.3) is 10.9 Å². The lowest BCUT2D eigenvalue weighted by Crippen LogP contribution is -2.27. The minimum absolute atomic E-state index is 0.00314. The number of aromatic nitrogens is 1. The number of benzene rings is 1. The van der Waals surface area contributed by atoms with Gasteiger partial charge in [0.2, 0.25) is 0 Å². The molecule has 0 amide bonds. The summed E-state index contributed by atoms with van der Waals surface area (Å²) in [5, 5.41) is 15.0. The smallest absolute Gasteiger partial charge is 0.115 e. The summed E-state index contributed by atoms with van der Waals surface area (Å²) in [5.41, 5.74) is 3.15. The van der Waals surface area contributed by atoms with E-state index in [2.05, 4.69) is 33.5 Å². The van der Waals surface area contributed by atoms with Gasteiger partial charge >= 0.3 is 0 Å². The fraction of sp³-hybridized carbons (Fsp3) is 0.471. The molecule has 1 saturated heterocycles. The van der Waals surface area contributed by atoms with Crippen molar-refractivity contribution < 1.29 is 9.32 Å². The highest BCUT2D eigenvalue weighted by Crippen LogP contribution is 2.29. The number of nitrogens with zero attached hydrogens (tertiary/aromatic N) is 2. The monoisotopic (exact) mass is 378 g/mol. The van der Waals surface area contributed by atoms with E-state index < -0.39 is 11.0 Å². The molecule has 8 heteroatoms. The van der Waals surface area contributed by atoms with Crippen molar-refractivity contribution in [3.05, 3.63) is 30.0 Å². The number of rotatable bonds is 5. The Balaban J connectivity index is 1.57. The van der Waals surface area contributed by atoms with Gasteiger partial charge in [-0.25, -0.2) is 8.51 Å². The number of hydrogen-bond donors (Lipinski definition) is 3. The molecule has 0 spiro atoms. The van der Waals surface area contributed by atoms with Crippen LogP contribution in [0.4, 0.5) is 5.69 Å². The molecular formula is C17H22N4O2S2. The minimum Gasteiger partial charge on any atom is -0.394 e. The molecule has 1 fully saturated rings. The predicted molar refractivity (Wildman–Crippen MR) is 106 cm³/mol. The molecule has 0 radical (unpaired) electrons. The van der Waals surface area contributed by atoms with Crippen molar-refractivity contribution in [1.29, 1.82) is 0 Å². The maximum Gasteiger partial charge on any atom is 0.115 e. The number of thioether (sulfide) groups is 1. The Labute approximate surface area is 153 Å². The first-order chi connectivity index (χ1) is 12.1. The first-order valence-electron chi connectivity index (χ1n) is 8.42. The van der Waals surface area contributed by atoms with Crippen LogP contribution in [0.5, 0.6) is 0 Å². The second kappa shape index (κ2) is 7.11. The fourth-order valence-electron chi connectivity index (χ4n) is 3.35. The summed E-state index contributed by atoms with van der Waals surface area (Å²) in [6.45, 7) is 1.76.